The molecule has 5 nitrogen and oxygen atoms in total. The van der Waals surface area contributed by atoms with E-state index in [0.29, 0.717) is 16.5 Å². The van der Waals surface area contributed by atoms with E-state index in [1.165, 1.54) is 0 Å². The van der Waals surface area contributed by atoms with Crippen LogP contribution in [-0.4, -0.2) is 37.0 Å². The number of hydrogen-bond acceptors (Lipinski definition) is 4. The SMILES string of the molecule is COc1ccc(CC(OC(C)C)C(=O)O)cc1OCC#Cc1ccc(Cl)cc1. The molecule has 0 radical (unpaired) electrons. The first kappa shape index (κ1) is 21.6. The molecule has 2 aromatic carbocycles. The van der Waals surface area contributed by atoms with Gasteiger partial charge in [0.2, 0.25) is 0 Å². The molecule has 1 unspecified atom stereocenters. The Morgan fingerprint density at radius 3 is 2.46 bits per heavy atom. The Morgan fingerprint density at radius 2 is 1.86 bits per heavy atom. The fourth-order valence-electron chi connectivity index (χ4n) is 2.48. The van der Waals surface area contributed by atoms with Gasteiger partial charge in [0.1, 0.15) is 6.61 Å². The molecule has 2 rings (SSSR count). The van der Waals surface area contributed by atoms with Crippen molar-refractivity contribution in [3.05, 3.63) is 58.6 Å². The Kier molecular flexibility index (Phi) is 8.19. The maximum Gasteiger partial charge on any atom is 0.333 e. The summed E-state index contributed by atoms with van der Waals surface area (Å²) in [6.45, 7) is 3.77. The molecule has 0 aliphatic heterocycles. The lowest BCUT2D eigenvalue weighted by Gasteiger charge is -2.17. The fourth-order valence-corrected chi connectivity index (χ4v) is 2.61. The molecule has 0 bridgehead atoms. The Morgan fingerprint density at radius 1 is 1.14 bits per heavy atom. The van der Waals surface area contributed by atoms with Gasteiger partial charge in [-0.3, -0.25) is 0 Å². The van der Waals surface area contributed by atoms with Crippen molar-refractivity contribution in [3.8, 4) is 23.3 Å². The second kappa shape index (κ2) is 10.6. The maximum absolute atomic E-state index is 11.4. The van der Waals surface area contributed by atoms with Crippen molar-refractivity contribution in [1.29, 1.82) is 0 Å². The Balaban J connectivity index is 2.07. The number of aliphatic carboxylic acids is 1. The quantitative estimate of drug-likeness (QED) is 0.670. The van der Waals surface area contributed by atoms with E-state index < -0.39 is 12.1 Å². The highest BCUT2D eigenvalue weighted by molar-refractivity contribution is 6.30. The molecule has 0 amide bonds. The van der Waals surface area contributed by atoms with Crippen LogP contribution in [0.4, 0.5) is 0 Å². The maximum atomic E-state index is 11.4. The molecule has 1 N–H and O–H groups in total. The lowest BCUT2D eigenvalue weighted by molar-refractivity contribution is -0.153. The van der Waals surface area contributed by atoms with Crippen LogP contribution in [0, 0.1) is 11.8 Å². The van der Waals surface area contributed by atoms with Gasteiger partial charge in [0.05, 0.1) is 13.2 Å². The normalized spacial score (nSPS) is 11.5. The topological polar surface area (TPSA) is 65.0 Å². The summed E-state index contributed by atoms with van der Waals surface area (Å²) < 4.78 is 16.5. The highest BCUT2D eigenvalue weighted by Crippen LogP contribution is 2.28. The van der Waals surface area contributed by atoms with Crippen molar-refractivity contribution in [2.45, 2.75) is 32.5 Å². The van der Waals surface area contributed by atoms with E-state index in [4.69, 9.17) is 25.8 Å². The van der Waals surface area contributed by atoms with E-state index >= 15 is 0 Å². The number of hydrogen-bond donors (Lipinski definition) is 1. The fraction of sp³-hybridized carbons (Fsp3) is 0.318. The molecular formula is C22H23ClO5. The number of carboxylic acids is 1. The van der Waals surface area contributed by atoms with Crippen LogP contribution in [0.25, 0.3) is 0 Å². The number of benzene rings is 2. The lowest BCUT2D eigenvalue weighted by Crippen LogP contribution is -2.29. The van der Waals surface area contributed by atoms with Crippen LogP contribution in [0.5, 0.6) is 11.5 Å². The number of halogens is 1. The minimum Gasteiger partial charge on any atom is -0.493 e. The lowest BCUT2D eigenvalue weighted by atomic mass is 10.1. The molecule has 1 atom stereocenters. The van der Waals surface area contributed by atoms with Gasteiger partial charge in [-0.25, -0.2) is 4.79 Å². The molecule has 2 aromatic rings. The Bertz CT molecular complexity index is 849. The second-order valence-electron chi connectivity index (χ2n) is 6.30. The third kappa shape index (κ3) is 6.80. The van der Waals surface area contributed by atoms with Gasteiger partial charge in [-0.1, -0.05) is 29.5 Å². The van der Waals surface area contributed by atoms with Crippen LogP contribution in [0.2, 0.25) is 5.02 Å². The number of ether oxygens (including phenoxy) is 3. The van der Waals surface area contributed by atoms with E-state index in [-0.39, 0.29) is 19.1 Å². The monoisotopic (exact) mass is 402 g/mol. The molecule has 148 valence electrons. The summed E-state index contributed by atoms with van der Waals surface area (Å²) in [4.78, 5) is 11.4. The predicted molar refractivity (Wildman–Crippen MR) is 108 cm³/mol. The molecule has 0 aromatic heterocycles. The third-order valence-corrected chi connectivity index (χ3v) is 3.99. The van der Waals surface area contributed by atoms with Gasteiger partial charge in [-0.05, 0) is 55.8 Å². The number of carbonyl (C=O) groups is 1. The summed E-state index contributed by atoms with van der Waals surface area (Å²) in [6.07, 6.45) is -0.881. The third-order valence-electron chi connectivity index (χ3n) is 3.74. The van der Waals surface area contributed by atoms with E-state index in [2.05, 4.69) is 11.8 Å². The summed E-state index contributed by atoms with van der Waals surface area (Å²) in [5, 5.41) is 10.0. The van der Waals surface area contributed by atoms with Crippen LogP contribution in [0.15, 0.2) is 42.5 Å². The summed E-state index contributed by atoms with van der Waals surface area (Å²) in [5.41, 5.74) is 1.61. The largest absolute Gasteiger partial charge is 0.493 e. The summed E-state index contributed by atoms with van der Waals surface area (Å²) >= 11 is 5.85. The summed E-state index contributed by atoms with van der Waals surface area (Å²) in [5.74, 6) is 5.98. The smallest absolute Gasteiger partial charge is 0.333 e. The van der Waals surface area contributed by atoms with Gasteiger partial charge in [-0.2, -0.15) is 0 Å². The van der Waals surface area contributed by atoms with Crippen LogP contribution >= 0.6 is 11.6 Å². The van der Waals surface area contributed by atoms with Crippen molar-refractivity contribution >= 4 is 17.6 Å². The minimum atomic E-state index is -0.999. The van der Waals surface area contributed by atoms with Gasteiger partial charge >= 0.3 is 5.97 Å². The van der Waals surface area contributed by atoms with Crippen molar-refractivity contribution < 1.29 is 24.1 Å². The highest BCUT2D eigenvalue weighted by Gasteiger charge is 2.21. The van der Waals surface area contributed by atoms with Crippen LogP contribution in [0.3, 0.4) is 0 Å². The summed E-state index contributed by atoms with van der Waals surface area (Å²) in [6, 6.07) is 12.5. The minimum absolute atomic E-state index is 0.160. The zero-order valence-electron chi connectivity index (χ0n) is 16.1. The molecule has 0 saturated heterocycles. The van der Waals surface area contributed by atoms with Crippen molar-refractivity contribution in [3.63, 3.8) is 0 Å². The second-order valence-corrected chi connectivity index (χ2v) is 6.73. The molecule has 0 spiro atoms. The van der Waals surface area contributed by atoms with Crippen molar-refractivity contribution in [2.24, 2.45) is 0 Å². The first-order valence-electron chi connectivity index (χ1n) is 8.81. The van der Waals surface area contributed by atoms with Crippen LogP contribution < -0.4 is 9.47 Å². The van der Waals surface area contributed by atoms with Gasteiger partial charge in [0.15, 0.2) is 17.6 Å². The number of methoxy groups -OCH3 is 1. The molecule has 6 heteroatoms. The van der Waals surface area contributed by atoms with Gasteiger partial charge in [-0.15, -0.1) is 0 Å². The van der Waals surface area contributed by atoms with Gasteiger partial charge < -0.3 is 19.3 Å². The van der Waals surface area contributed by atoms with E-state index in [1.54, 1.807) is 51.3 Å². The van der Waals surface area contributed by atoms with Gasteiger partial charge in [0, 0.05) is 17.0 Å². The molecule has 0 saturated carbocycles. The summed E-state index contributed by atoms with van der Waals surface area (Å²) in [7, 11) is 1.54. The van der Waals surface area contributed by atoms with E-state index in [1.807, 2.05) is 12.1 Å². The standard InChI is InChI=1S/C22H23ClO5/c1-15(2)28-21(22(24)25)14-17-8-11-19(26-3)20(13-17)27-12-4-5-16-6-9-18(23)10-7-16/h6-11,13,15,21H,12,14H2,1-3H3,(H,24,25). The zero-order valence-corrected chi connectivity index (χ0v) is 16.8. The first-order chi connectivity index (χ1) is 13.4. The van der Waals surface area contributed by atoms with Crippen molar-refractivity contribution in [1.82, 2.24) is 0 Å². The molecular weight excluding hydrogens is 380 g/mol. The van der Waals surface area contributed by atoms with Crippen molar-refractivity contribution in [2.75, 3.05) is 13.7 Å². The predicted octanol–water partition coefficient (Wildman–Crippen LogP) is 4.20. The molecule has 28 heavy (non-hydrogen) atoms. The van der Waals surface area contributed by atoms with E-state index in [0.717, 1.165) is 11.1 Å². The Labute approximate surface area is 170 Å². The van der Waals surface area contributed by atoms with Gasteiger partial charge in [0.25, 0.3) is 0 Å². The molecule has 0 aliphatic rings. The molecule has 0 aliphatic carbocycles. The van der Waals surface area contributed by atoms with Crippen LogP contribution in [0.1, 0.15) is 25.0 Å². The number of rotatable bonds is 8. The highest BCUT2D eigenvalue weighted by atomic mass is 35.5. The van der Waals surface area contributed by atoms with Crippen LogP contribution in [-0.2, 0) is 16.0 Å². The first-order valence-corrected chi connectivity index (χ1v) is 9.19. The molecule has 0 heterocycles. The Hall–Kier alpha value is -2.68. The number of carboxylic acid groups (broad SMARTS) is 1. The average molecular weight is 403 g/mol. The zero-order chi connectivity index (χ0) is 20.5. The van der Waals surface area contributed by atoms with E-state index in [9.17, 15) is 9.90 Å². The average Bonchev–Trinajstić information content (AvgIpc) is 2.66. The molecule has 0 fully saturated rings.